The first-order valence-corrected chi connectivity index (χ1v) is 7.37. The van der Waals surface area contributed by atoms with E-state index in [0.29, 0.717) is 6.04 Å². The van der Waals surface area contributed by atoms with Crippen molar-refractivity contribution in [2.75, 3.05) is 37.7 Å². The van der Waals surface area contributed by atoms with Gasteiger partial charge < -0.3 is 15.0 Å². The number of nitrogens with one attached hydrogen (secondary N) is 1. The van der Waals surface area contributed by atoms with Gasteiger partial charge in [0.15, 0.2) is 0 Å². The van der Waals surface area contributed by atoms with Gasteiger partial charge in [-0.3, -0.25) is 4.40 Å². The number of morpholine rings is 1. The van der Waals surface area contributed by atoms with Crippen LogP contribution in [-0.4, -0.2) is 48.3 Å². The normalized spacial score (nSPS) is 19.6. The Morgan fingerprint density at radius 1 is 1.45 bits per heavy atom. The van der Waals surface area contributed by atoms with E-state index in [2.05, 4.69) is 38.7 Å². The van der Waals surface area contributed by atoms with Crippen molar-refractivity contribution in [2.24, 2.45) is 0 Å². The number of aromatic nitrogens is 2. The standard InChI is InChI=1S/C15H22N4O/c1-2-6-16-11-13-12-20-10-9-18(13)15-5-3-4-14-17-7-8-19(14)15/h3-5,7-8,13,16H,2,6,9-12H2,1H3. The van der Waals surface area contributed by atoms with Crippen LogP contribution in [-0.2, 0) is 4.74 Å². The highest BCUT2D eigenvalue weighted by atomic mass is 16.5. The fourth-order valence-electron chi connectivity index (χ4n) is 2.74. The first-order chi connectivity index (χ1) is 9.90. The molecule has 5 nitrogen and oxygen atoms in total. The summed E-state index contributed by atoms with van der Waals surface area (Å²) in [5, 5.41) is 3.50. The van der Waals surface area contributed by atoms with Gasteiger partial charge in [0.05, 0.1) is 19.3 Å². The smallest absolute Gasteiger partial charge is 0.138 e. The van der Waals surface area contributed by atoms with Crippen LogP contribution in [0.2, 0.25) is 0 Å². The molecule has 2 aromatic heterocycles. The summed E-state index contributed by atoms with van der Waals surface area (Å²) < 4.78 is 7.80. The zero-order chi connectivity index (χ0) is 13.8. The Hall–Kier alpha value is -1.59. The summed E-state index contributed by atoms with van der Waals surface area (Å²) in [4.78, 5) is 6.80. The number of imidazole rings is 1. The van der Waals surface area contributed by atoms with Crippen LogP contribution < -0.4 is 10.2 Å². The second-order valence-corrected chi connectivity index (χ2v) is 5.17. The van der Waals surface area contributed by atoms with Crippen molar-refractivity contribution >= 4 is 11.5 Å². The summed E-state index contributed by atoms with van der Waals surface area (Å²) in [5.74, 6) is 1.20. The molecule has 1 N–H and O–H groups in total. The molecule has 0 aliphatic carbocycles. The molecule has 3 heterocycles. The molecular weight excluding hydrogens is 252 g/mol. The second kappa shape index (κ2) is 6.24. The van der Waals surface area contributed by atoms with E-state index < -0.39 is 0 Å². The van der Waals surface area contributed by atoms with Crippen LogP contribution in [0.3, 0.4) is 0 Å². The van der Waals surface area contributed by atoms with E-state index in [0.717, 1.165) is 44.9 Å². The molecule has 0 spiro atoms. The van der Waals surface area contributed by atoms with Gasteiger partial charge in [-0.15, -0.1) is 0 Å². The van der Waals surface area contributed by atoms with Crippen LogP contribution in [0.1, 0.15) is 13.3 Å². The van der Waals surface area contributed by atoms with Gasteiger partial charge in [-0.1, -0.05) is 13.0 Å². The quantitative estimate of drug-likeness (QED) is 0.840. The van der Waals surface area contributed by atoms with Crippen molar-refractivity contribution < 1.29 is 4.74 Å². The molecule has 1 unspecified atom stereocenters. The van der Waals surface area contributed by atoms with Crippen molar-refractivity contribution in [3.05, 3.63) is 30.6 Å². The minimum atomic E-state index is 0.378. The Morgan fingerprint density at radius 3 is 3.30 bits per heavy atom. The lowest BCUT2D eigenvalue weighted by Crippen LogP contribution is -2.51. The molecule has 2 aromatic rings. The Labute approximate surface area is 119 Å². The topological polar surface area (TPSA) is 41.8 Å². The summed E-state index contributed by atoms with van der Waals surface area (Å²) in [6.45, 7) is 6.69. The Bertz CT molecular complexity index is 554. The average molecular weight is 274 g/mol. The van der Waals surface area contributed by atoms with Crippen LogP contribution in [0, 0.1) is 0 Å². The maximum atomic E-state index is 5.65. The third kappa shape index (κ3) is 2.64. The molecule has 108 valence electrons. The van der Waals surface area contributed by atoms with E-state index in [1.807, 2.05) is 18.5 Å². The first kappa shape index (κ1) is 13.4. The zero-order valence-electron chi connectivity index (χ0n) is 12.0. The molecule has 20 heavy (non-hydrogen) atoms. The van der Waals surface area contributed by atoms with Crippen LogP contribution in [0.25, 0.3) is 5.65 Å². The molecule has 1 aliphatic rings. The highest BCUT2D eigenvalue weighted by molar-refractivity contribution is 5.52. The van der Waals surface area contributed by atoms with Gasteiger partial charge >= 0.3 is 0 Å². The van der Waals surface area contributed by atoms with Gasteiger partial charge in [0.25, 0.3) is 0 Å². The summed E-state index contributed by atoms with van der Waals surface area (Å²) in [5.41, 5.74) is 0.995. The van der Waals surface area contributed by atoms with Crippen LogP contribution in [0.4, 0.5) is 5.82 Å². The monoisotopic (exact) mass is 274 g/mol. The number of rotatable bonds is 5. The van der Waals surface area contributed by atoms with Gasteiger partial charge in [-0.2, -0.15) is 0 Å². The van der Waals surface area contributed by atoms with Gasteiger partial charge in [-0.05, 0) is 25.1 Å². The van der Waals surface area contributed by atoms with E-state index in [-0.39, 0.29) is 0 Å². The van der Waals surface area contributed by atoms with Crippen molar-refractivity contribution in [1.82, 2.24) is 14.7 Å². The SMILES string of the molecule is CCCNCC1COCCN1c1cccc2nccn12. The highest BCUT2D eigenvalue weighted by Gasteiger charge is 2.24. The van der Waals surface area contributed by atoms with E-state index in [4.69, 9.17) is 4.74 Å². The number of pyridine rings is 1. The van der Waals surface area contributed by atoms with Crippen LogP contribution >= 0.6 is 0 Å². The van der Waals surface area contributed by atoms with Gasteiger partial charge in [0.1, 0.15) is 11.5 Å². The second-order valence-electron chi connectivity index (χ2n) is 5.17. The predicted molar refractivity (Wildman–Crippen MR) is 80.3 cm³/mol. The largest absolute Gasteiger partial charge is 0.377 e. The molecule has 0 bridgehead atoms. The summed E-state index contributed by atoms with van der Waals surface area (Å²) in [6, 6.07) is 6.65. The zero-order valence-corrected chi connectivity index (χ0v) is 12.0. The summed E-state index contributed by atoms with van der Waals surface area (Å²) >= 11 is 0. The Balaban J connectivity index is 1.83. The fraction of sp³-hybridized carbons (Fsp3) is 0.533. The predicted octanol–water partition coefficient (Wildman–Crippen LogP) is 1.54. The Morgan fingerprint density at radius 2 is 2.40 bits per heavy atom. The number of hydrogen-bond acceptors (Lipinski definition) is 4. The fourth-order valence-corrected chi connectivity index (χ4v) is 2.74. The van der Waals surface area contributed by atoms with E-state index in [1.54, 1.807) is 0 Å². The molecule has 0 amide bonds. The van der Waals surface area contributed by atoms with Crippen molar-refractivity contribution in [3.63, 3.8) is 0 Å². The third-order valence-corrected chi connectivity index (χ3v) is 3.74. The number of ether oxygens (including phenoxy) is 1. The Kier molecular flexibility index (Phi) is 4.18. The molecular formula is C15H22N4O. The first-order valence-electron chi connectivity index (χ1n) is 7.37. The maximum Gasteiger partial charge on any atom is 0.138 e. The lowest BCUT2D eigenvalue weighted by Gasteiger charge is -2.37. The van der Waals surface area contributed by atoms with Crippen molar-refractivity contribution in [3.8, 4) is 0 Å². The number of hydrogen-bond donors (Lipinski definition) is 1. The van der Waals surface area contributed by atoms with E-state index in [1.165, 1.54) is 5.82 Å². The highest BCUT2D eigenvalue weighted by Crippen LogP contribution is 2.20. The molecule has 3 rings (SSSR count). The maximum absolute atomic E-state index is 5.65. The summed E-state index contributed by atoms with van der Waals surface area (Å²) in [7, 11) is 0. The van der Waals surface area contributed by atoms with Crippen LogP contribution in [0.5, 0.6) is 0 Å². The van der Waals surface area contributed by atoms with Gasteiger partial charge in [0.2, 0.25) is 0 Å². The molecule has 1 aliphatic heterocycles. The van der Waals surface area contributed by atoms with Crippen molar-refractivity contribution in [2.45, 2.75) is 19.4 Å². The molecule has 0 aromatic carbocycles. The van der Waals surface area contributed by atoms with Crippen molar-refractivity contribution in [1.29, 1.82) is 0 Å². The van der Waals surface area contributed by atoms with E-state index in [9.17, 15) is 0 Å². The molecule has 1 atom stereocenters. The van der Waals surface area contributed by atoms with Gasteiger partial charge in [-0.25, -0.2) is 4.98 Å². The molecule has 0 saturated carbocycles. The lowest BCUT2D eigenvalue weighted by molar-refractivity contribution is 0.0933. The lowest BCUT2D eigenvalue weighted by atomic mass is 10.2. The number of fused-ring (bicyclic) bond motifs is 1. The minimum Gasteiger partial charge on any atom is -0.377 e. The third-order valence-electron chi connectivity index (χ3n) is 3.74. The number of anilines is 1. The van der Waals surface area contributed by atoms with E-state index >= 15 is 0 Å². The summed E-state index contributed by atoms with van der Waals surface area (Å²) in [6.07, 6.45) is 5.03. The molecule has 0 radical (unpaired) electrons. The number of nitrogens with zero attached hydrogens (tertiary/aromatic N) is 3. The molecule has 5 heteroatoms. The average Bonchev–Trinajstić information content (AvgIpc) is 2.96. The molecule has 1 saturated heterocycles. The van der Waals surface area contributed by atoms with Gasteiger partial charge in [0, 0.05) is 25.5 Å². The van der Waals surface area contributed by atoms with Crippen LogP contribution in [0.15, 0.2) is 30.6 Å². The molecule has 1 fully saturated rings. The minimum absolute atomic E-state index is 0.378.